The minimum absolute atomic E-state index is 0.138. The van der Waals surface area contributed by atoms with E-state index in [1.54, 1.807) is 38.3 Å². The molecule has 0 saturated carbocycles. The van der Waals surface area contributed by atoms with Gasteiger partial charge in [0, 0.05) is 24.6 Å². The number of benzene rings is 3. The van der Waals surface area contributed by atoms with Gasteiger partial charge in [-0.3, -0.25) is 0 Å². The zero-order valence-electron chi connectivity index (χ0n) is 26.4. The van der Waals surface area contributed by atoms with Crippen LogP contribution in [0.4, 0.5) is 0 Å². The van der Waals surface area contributed by atoms with E-state index in [2.05, 4.69) is 19.1 Å². The van der Waals surface area contributed by atoms with E-state index in [4.69, 9.17) is 14.2 Å². The first kappa shape index (κ1) is 33.6. The summed E-state index contributed by atoms with van der Waals surface area (Å²) in [6, 6.07) is 21.0. The number of thioether (sulfide) groups is 1. The summed E-state index contributed by atoms with van der Waals surface area (Å²) in [5.74, 6) is 0.401. The number of methoxy groups -OCH3 is 1. The van der Waals surface area contributed by atoms with Crippen molar-refractivity contribution in [3.05, 3.63) is 95.8 Å². The highest BCUT2D eigenvalue weighted by Crippen LogP contribution is 2.45. The second-order valence-electron chi connectivity index (χ2n) is 11.9. The summed E-state index contributed by atoms with van der Waals surface area (Å²) in [5.41, 5.74) is 2.07. The Morgan fingerprint density at radius 3 is 2.39 bits per heavy atom. The smallest absolute Gasteiger partial charge is 0.334 e. The lowest BCUT2D eigenvalue weighted by Crippen LogP contribution is -2.39. The summed E-state index contributed by atoms with van der Waals surface area (Å²) in [6.45, 7) is 7.73. The summed E-state index contributed by atoms with van der Waals surface area (Å²) in [7, 11) is -2.36. The van der Waals surface area contributed by atoms with E-state index < -0.39 is 21.6 Å². The van der Waals surface area contributed by atoms with Gasteiger partial charge in [0.25, 0.3) is 0 Å². The summed E-state index contributed by atoms with van der Waals surface area (Å²) >= 11 is 1.47. The van der Waals surface area contributed by atoms with Crippen molar-refractivity contribution in [1.29, 1.82) is 0 Å². The molecule has 1 aliphatic heterocycles. The Bertz CT molecular complexity index is 1550. The van der Waals surface area contributed by atoms with E-state index in [0.29, 0.717) is 12.2 Å². The van der Waals surface area contributed by atoms with E-state index in [0.717, 1.165) is 46.6 Å². The fourth-order valence-electron chi connectivity index (χ4n) is 5.47. The number of sulfonamides is 1. The lowest BCUT2D eigenvalue weighted by molar-refractivity contribution is -0.148. The number of fused-ring (bicyclic) bond motifs is 1. The first-order valence-electron chi connectivity index (χ1n) is 14.9. The third-order valence-electron chi connectivity index (χ3n) is 7.57. The Hall–Kier alpha value is -3.27. The van der Waals surface area contributed by atoms with Crippen LogP contribution in [0, 0.1) is 0 Å². The molecule has 1 aliphatic rings. The van der Waals surface area contributed by atoms with Gasteiger partial charge in [-0.05, 0) is 74.8 Å². The van der Waals surface area contributed by atoms with Gasteiger partial charge in [-0.1, -0.05) is 62.2 Å². The average molecular weight is 638 g/mol. The van der Waals surface area contributed by atoms with Crippen LogP contribution in [-0.2, 0) is 26.1 Å². The van der Waals surface area contributed by atoms with Crippen molar-refractivity contribution in [3.63, 3.8) is 0 Å². The number of nitrogens with zero attached hydrogens (tertiary/aromatic N) is 1. The predicted molar refractivity (Wildman–Crippen MR) is 176 cm³/mol. The van der Waals surface area contributed by atoms with E-state index in [-0.39, 0.29) is 23.4 Å². The van der Waals surface area contributed by atoms with Gasteiger partial charge in [0.05, 0.1) is 29.2 Å². The van der Waals surface area contributed by atoms with Crippen molar-refractivity contribution < 1.29 is 27.4 Å². The molecule has 0 amide bonds. The maximum atomic E-state index is 14.7. The van der Waals surface area contributed by atoms with Gasteiger partial charge in [0.1, 0.15) is 17.1 Å². The lowest BCUT2D eigenvalue weighted by Gasteiger charge is -2.30. The van der Waals surface area contributed by atoms with Crippen LogP contribution >= 0.6 is 11.8 Å². The largest absolute Gasteiger partial charge is 0.497 e. The van der Waals surface area contributed by atoms with Crippen molar-refractivity contribution in [2.24, 2.45) is 0 Å². The minimum Gasteiger partial charge on any atom is -0.497 e. The van der Waals surface area contributed by atoms with Crippen LogP contribution in [0.15, 0.2) is 88.9 Å². The van der Waals surface area contributed by atoms with E-state index in [1.165, 1.54) is 24.1 Å². The maximum absolute atomic E-state index is 14.7. The third kappa shape index (κ3) is 8.25. The molecule has 0 radical (unpaired) electrons. The molecule has 7 nitrogen and oxygen atoms in total. The first-order chi connectivity index (χ1) is 21.0. The minimum atomic E-state index is -3.97. The van der Waals surface area contributed by atoms with Gasteiger partial charge in [-0.2, -0.15) is 4.31 Å². The van der Waals surface area contributed by atoms with Crippen LogP contribution in [0.25, 0.3) is 0 Å². The standard InChI is InChI=1S/C35H43NO6S2/c1-7-8-14-27-21-29(26-12-10-9-11-13-26)30-22-32(43-6)31(41-20-19-34(37)42-35(2,3)4)23-33(30)44(38,39)36(27)24-25-15-17-28(40-5)18-16-25/h9-13,15-20,22-23,27,29H,7-8,14,21,24H2,1-6H3/b20-19+. The lowest BCUT2D eigenvalue weighted by atomic mass is 9.84. The van der Waals surface area contributed by atoms with Crippen molar-refractivity contribution in [2.75, 3.05) is 13.4 Å². The monoisotopic (exact) mass is 637 g/mol. The molecule has 9 heteroatoms. The zero-order chi connectivity index (χ0) is 31.9. The zero-order valence-corrected chi connectivity index (χ0v) is 28.0. The SMILES string of the molecule is CCCCC1CC(c2ccccc2)c2cc(SC)c(O/C=C/C(=O)OC(C)(C)C)cc2S(=O)(=O)N1Cc1ccc(OC)cc1. The van der Waals surface area contributed by atoms with Gasteiger partial charge in [0.15, 0.2) is 0 Å². The fraction of sp³-hybridized carbons (Fsp3) is 0.400. The topological polar surface area (TPSA) is 82.1 Å². The molecule has 2 atom stereocenters. The number of carbonyl (C=O) groups is 1. The molecule has 3 aromatic carbocycles. The molecule has 0 fully saturated rings. The van der Waals surface area contributed by atoms with Crippen LogP contribution in [0.5, 0.6) is 11.5 Å². The molecule has 0 aromatic heterocycles. The second kappa shape index (κ2) is 14.7. The number of unbranched alkanes of at least 4 members (excludes halogenated alkanes) is 1. The number of carbonyl (C=O) groups excluding carboxylic acids is 1. The summed E-state index contributed by atoms with van der Waals surface area (Å²) in [5, 5.41) is 0. The third-order valence-corrected chi connectivity index (χ3v) is 10.3. The molecule has 236 valence electrons. The molecule has 1 heterocycles. The van der Waals surface area contributed by atoms with E-state index >= 15 is 0 Å². The summed E-state index contributed by atoms with van der Waals surface area (Å²) in [6.07, 6.45) is 7.67. The van der Waals surface area contributed by atoms with Gasteiger partial charge in [0.2, 0.25) is 10.0 Å². The van der Waals surface area contributed by atoms with Gasteiger partial charge in [-0.25, -0.2) is 13.2 Å². The number of hydrogen-bond donors (Lipinski definition) is 0. The van der Waals surface area contributed by atoms with E-state index in [1.807, 2.05) is 54.8 Å². The van der Waals surface area contributed by atoms with Crippen LogP contribution in [-0.4, -0.2) is 43.7 Å². The Kier molecular flexibility index (Phi) is 11.2. The molecule has 4 rings (SSSR count). The quantitative estimate of drug-likeness (QED) is 0.0914. The molecular weight excluding hydrogens is 595 g/mol. The summed E-state index contributed by atoms with van der Waals surface area (Å²) < 4.78 is 47.7. The first-order valence-corrected chi connectivity index (χ1v) is 17.6. The van der Waals surface area contributed by atoms with E-state index in [9.17, 15) is 13.2 Å². The Morgan fingerprint density at radius 2 is 1.77 bits per heavy atom. The number of esters is 1. The molecular formula is C35H43NO6S2. The molecule has 0 aliphatic carbocycles. The molecule has 0 spiro atoms. The molecule has 0 saturated heterocycles. The van der Waals surface area contributed by atoms with Crippen LogP contribution in [0.1, 0.15) is 76.0 Å². The maximum Gasteiger partial charge on any atom is 0.334 e. The van der Waals surface area contributed by atoms with Gasteiger partial charge < -0.3 is 14.2 Å². The molecule has 2 unspecified atom stereocenters. The number of ether oxygens (including phenoxy) is 3. The molecule has 3 aromatic rings. The van der Waals surface area contributed by atoms with Crippen molar-refractivity contribution in [1.82, 2.24) is 4.31 Å². The predicted octanol–water partition coefficient (Wildman–Crippen LogP) is 7.94. The number of rotatable bonds is 11. The van der Waals surface area contributed by atoms with Gasteiger partial charge in [-0.15, -0.1) is 11.8 Å². The molecule has 0 bridgehead atoms. The van der Waals surface area contributed by atoms with Crippen molar-refractivity contribution in [3.8, 4) is 11.5 Å². The van der Waals surface area contributed by atoms with Crippen LogP contribution in [0.3, 0.4) is 0 Å². The van der Waals surface area contributed by atoms with Crippen molar-refractivity contribution >= 4 is 27.8 Å². The Morgan fingerprint density at radius 1 is 1.07 bits per heavy atom. The number of hydrogen-bond acceptors (Lipinski definition) is 7. The fourth-order valence-corrected chi connectivity index (χ4v) is 7.93. The van der Waals surface area contributed by atoms with Crippen LogP contribution in [0.2, 0.25) is 0 Å². The highest BCUT2D eigenvalue weighted by atomic mass is 32.2. The van der Waals surface area contributed by atoms with Crippen LogP contribution < -0.4 is 9.47 Å². The summed E-state index contributed by atoms with van der Waals surface area (Å²) in [4.78, 5) is 13.3. The Balaban J connectivity index is 1.84. The van der Waals surface area contributed by atoms with Gasteiger partial charge >= 0.3 is 5.97 Å². The molecule has 0 N–H and O–H groups in total. The normalized spacial score (nSPS) is 18.4. The van der Waals surface area contributed by atoms with Crippen molar-refractivity contribution in [2.45, 2.75) is 87.3 Å². The second-order valence-corrected chi connectivity index (χ2v) is 14.6. The Labute approximate surface area is 266 Å². The molecule has 44 heavy (non-hydrogen) atoms. The average Bonchev–Trinajstić information content (AvgIpc) is 3.07. The highest BCUT2D eigenvalue weighted by molar-refractivity contribution is 7.98. The highest BCUT2D eigenvalue weighted by Gasteiger charge is 2.40.